The molecule has 2 fully saturated rings. The summed E-state index contributed by atoms with van der Waals surface area (Å²) in [6.07, 6.45) is 6.84. The van der Waals surface area contributed by atoms with E-state index in [0.29, 0.717) is 11.8 Å². The van der Waals surface area contributed by atoms with Crippen LogP contribution >= 0.6 is 0 Å². The van der Waals surface area contributed by atoms with Gasteiger partial charge in [0.1, 0.15) is 0 Å². The van der Waals surface area contributed by atoms with Crippen LogP contribution < -0.4 is 5.56 Å². The Kier molecular flexibility index (Phi) is 5.93. The van der Waals surface area contributed by atoms with Gasteiger partial charge in [-0.15, -0.1) is 0 Å². The average Bonchev–Trinajstić information content (AvgIpc) is 2.80. The first kappa shape index (κ1) is 21.4. The summed E-state index contributed by atoms with van der Waals surface area (Å²) in [4.78, 5) is 31.1. The normalized spacial score (nSPS) is 23.3. The number of amides is 1. The lowest BCUT2D eigenvalue weighted by atomic mass is 9.81. The van der Waals surface area contributed by atoms with Crippen LogP contribution in [-0.4, -0.2) is 47.5 Å². The van der Waals surface area contributed by atoms with E-state index in [0.717, 1.165) is 62.3 Å². The quantitative estimate of drug-likeness (QED) is 0.729. The molecule has 2 atom stereocenters. The maximum absolute atomic E-state index is 13.6. The van der Waals surface area contributed by atoms with Crippen LogP contribution in [0.2, 0.25) is 0 Å². The summed E-state index contributed by atoms with van der Waals surface area (Å²) in [5.74, 6) is 1.23. The van der Waals surface area contributed by atoms with Crippen LogP contribution in [-0.2, 0) is 17.9 Å². The van der Waals surface area contributed by atoms with Crippen molar-refractivity contribution >= 4 is 5.91 Å². The lowest BCUT2D eigenvalue weighted by molar-refractivity contribution is -0.139. The zero-order valence-corrected chi connectivity index (χ0v) is 19.4. The second-order valence-corrected chi connectivity index (χ2v) is 10.4. The highest BCUT2D eigenvalue weighted by Crippen LogP contribution is 2.37. The maximum Gasteiger partial charge on any atom is 0.258 e. The average molecular weight is 434 g/mol. The second kappa shape index (κ2) is 8.86. The van der Waals surface area contributed by atoms with Gasteiger partial charge in [0.05, 0.1) is 0 Å². The summed E-state index contributed by atoms with van der Waals surface area (Å²) in [5.41, 5.74) is 4.24. The third-order valence-corrected chi connectivity index (χ3v) is 7.66. The molecule has 5 rings (SSSR count). The number of carbonyl (C=O) groups is 1. The minimum Gasteiger partial charge on any atom is -0.341 e. The monoisotopic (exact) mass is 433 g/mol. The first-order chi connectivity index (χ1) is 15.5. The number of fused-ring (bicyclic) bond motifs is 4. The fraction of sp³-hybridized carbons (Fsp3) is 0.556. The second-order valence-electron chi connectivity index (χ2n) is 10.4. The van der Waals surface area contributed by atoms with Gasteiger partial charge >= 0.3 is 0 Å². The SMILES string of the molecule is CN(C)Cc1ccccc1-c1ccc2n(c1=O)C[C@H]1C[C@@H]2CN(C(=O)C2CCCCC2)C1. The van der Waals surface area contributed by atoms with Gasteiger partial charge in [0.15, 0.2) is 0 Å². The summed E-state index contributed by atoms with van der Waals surface area (Å²) in [6.45, 7) is 3.10. The predicted molar refractivity (Wildman–Crippen MR) is 128 cm³/mol. The number of hydrogen-bond acceptors (Lipinski definition) is 3. The minimum absolute atomic E-state index is 0.121. The van der Waals surface area contributed by atoms with Gasteiger partial charge in [-0.05, 0) is 62.5 Å². The van der Waals surface area contributed by atoms with Crippen molar-refractivity contribution < 1.29 is 4.79 Å². The number of rotatable bonds is 4. The van der Waals surface area contributed by atoms with E-state index in [1.54, 1.807) is 0 Å². The maximum atomic E-state index is 13.6. The van der Waals surface area contributed by atoms with Crippen LogP contribution in [0, 0.1) is 11.8 Å². The molecule has 0 unspecified atom stereocenters. The lowest BCUT2D eigenvalue weighted by Gasteiger charge is -2.44. The molecular weight excluding hydrogens is 398 g/mol. The van der Waals surface area contributed by atoms with Crippen LogP contribution in [0.15, 0.2) is 41.2 Å². The van der Waals surface area contributed by atoms with Crippen LogP contribution in [0.4, 0.5) is 0 Å². The molecular formula is C27H35N3O2. The Morgan fingerprint density at radius 2 is 1.75 bits per heavy atom. The van der Waals surface area contributed by atoms with Crippen molar-refractivity contribution in [3.05, 3.63) is 58.0 Å². The van der Waals surface area contributed by atoms with Gasteiger partial charge in [-0.1, -0.05) is 43.5 Å². The van der Waals surface area contributed by atoms with Gasteiger partial charge in [-0.2, -0.15) is 0 Å². The standard InChI is InChI=1S/C27H35N3O2/c1-28(2)17-21-10-6-7-11-23(21)24-12-13-25-22-14-19(16-30(25)27(24)32)15-29(18-22)26(31)20-8-4-3-5-9-20/h6-7,10-13,19-20,22H,3-5,8-9,14-18H2,1-2H3/t19-,22+/m0/s1. The highest BCUT2D eigenvalue weighted by Gasteiger charge is 2.38. The Hall–Kier alpha value is -2.40. The van der Waals surface area contributed by atoms with Crippen molar-refractivity contribution in [2.45, 2.75) is 57.5 Å². The van der Waals surface area contributed by atoms with Crippen molar-refractivity contribution in [3.8, 4) is 11.1 Å². The summed E-state index contributed by atoms with van der Waals surface area (Å²) < 4.78 is 2.02. The first-order valence-electron chi connectivity index (χ1n) is 12.3. The molecule has 5 nitrogen and oxygen atoms in total. The summed E-state index contributed by atoms with van der Waals surface area (Å²) >= 11 is 0. The van der Waals surface area contributed by atoms with E-state index in [1.165, 1.54) is 24.8 Å². The number of benzene rings is 1. The molecule has 2 aromatic rings. The molecule has 3 heterocycles. The lowest BCUT2D eigenvalue weighted by Crippen LogP contribution is -2.50. The van der Waals surface area contributed by atoms with Crippen molar-refractivity contribution in [1.82, 2.24) is 14.4 Å². The Bertz CT molecular complexity index is 1050. The van der Waals surface area contributed by atoms with E-state index >= 15 is 0 Å². The largest absolute Gasteiger partial charge is 0.341 e. The molecule has 170 valence electrons. The molecule has 1 aromatic heterocycles. The number of nitrogens with zero attached hydrogens (tertiary/aromatic N) is 3. The molecule has 2 aliphatic heterocycles. The molecule has 1 saturated carbocycles. The Labute approximate surface area is 191 Å². The van der Waals surface area contributed by atoms with Crippen LogP contribution in [0.3, 0.4) is 0 Å². The number of hydrogen-bond donors (Lipinski definition) is 0. The van der Waals surface area contributed by atoms with E-state index in [9.17, 15) is 9.59 Å². The molecule has 3 aliphatic rings. The van der Waals surface area contributed by atoms with Crippen molar-refractivity contribution in [2.24, 2.45) is 11.8 Å². The fourth-order valence-electron chi connectivity index (χ4n) is 6.20. The van der Waals surface area contributed by atoms with Crippen LogP contribution in [0.1, 0.15) is 55.7 Å². The zero-order chi connectivity index (χ0) is 22.2. The molecule has 2 bridgehead atoms. The molecule has 32 heavy (non-hydrogen) atoms. The van der Waals surface area contributed by atoms with Gasteiger partial charge in [0, 0.05) is 49.3 Å². The molecule has 0 spiro atoms. The zero-order valence-electron chi connectivity index (χ0n) is 19.4. The van der Waals surface area contributed by atoms with Gasteiger partial charge in [-0.25, -0.2) is 0 Å². The van der Waals surface area contributed by atoms with Gasteiger partial charge < -0.3 is 14.4 Å². The van der Waals surface area contributed by atoms with Crippen molar-refractivity contribution in [1.29, 1.82) is 0 Å². The van der Waals surface area contributed by atoms with E-state index in [4.69, 9.17) is 0 Å². The Morgan fingerprint density at radius 3 is 2.53 bits per heavy atom. The summed E-state index contributed by atoms with van der Waals surface area (Å²) in [5, 5.41) is 0. The Balaban J connectivity index is 1.43. The number of pyridine rings is 1. The summed E-state index contributed by atoms with van der Waals surface area (Å²) in [6, 6.07) is 12.4. The molecule has 1 aliphatic carbocycles. The Morgan fingerprint density at radius 1 is 0.969 bits per heavy atom. The van der Waals surface area contributed by atoms with Gasteiger partial charge in [0.2, 0.25) is 5.91 Å². The number of carbonyl (C=O) groups excluding carboxylic acids is 1. The highest BCUT2D eigenvalue weighted by molar-refractivity contribution is 5.79. The first-order valence-corrected chi connectivity index (χ1v) is 12.3. The molecule has 0 radical (unpaired) electrons. The molecule has 5 heteroatoms. The third kappa shape index (κ3) is 4.03. The third-order valence-electron chi connectivity index (χ3n) is 7.66. The molecule has 0 N–H and O–H groups in total. The van der Waals surface area contributed by atoms with E-state index < -0.39 is 0 Å². The number of aromatic nitrogens is 1. The van der Waals surface area contributed by atoms with Crippen molar-refractivity contribution in [2.75, 3.05) is 27.2 Å². The minimum atomic E-state index is 0.121. The smallest absolute Gasteiger partial charge is 0.258 e. The van der Waals surface area contributed by atoms with E-state index in [-0.39, 0.29) is 17.4 Å². The van der Waals surface area contributed by atoms with Crippen LogP contribution in [0.25, 0.3) is 11.1 Å². The number of piperidine rings is 1. The van der Waals surface area contributed by atoms with Gasteiger partial charge in [-0.3, -0.25) is 9.59 Å². The predicted octanol–water partition coefficient (Wildman–Crippen LogP) is 4.10. The van der Waals surface area contributed by atoms with Gasteiger partial charge in [0.25, 0.3) is 5.56 Å². The molecule has 1 saturated heterocycles. The number of likely N-dealkylation sites (tertiary alicyclic amines) is 1. The topological polar surface area (TPSA) is 45.6 Å². The summed E-state index contributed by atoms with van der Waals surface area (Å²) in [7, 11) is 4.11. The molecule has 1 amide bonds. The van der Waals surface area contributed by atoms with E-state index in [2.05, 4.69) is 42.1 Å². The van der Waals surface area contributed by atoms with Crippen LogP contribution in [0.5, 0.6) is 0 Å². The van der Waals surface area contributed by atoms with E-state index in [1.807, 2.05) is 22.8 Å². The fourth-order valence-corrected chi connectivity index (χ4v) is 6.20. The molecule has 1 aromatic carbocycles. The highest BCUT2D eigenvalue weighted by atomic mass is 16.2. The van der Waals surface area contributed by atoms with Crippen molar-refractivity contribution in [3.63, 3.8) is 0 Å².